The molecule has 0 radical (unpaired) electrons. The van der Waals surface area contributed by atoms with Crippen molar-refractivity contribution >= 4 is 11.8 Å². The number of nitrogens with one attached hydrogen (secondary N) is 1. The summed E-state index contributed by atoms with van der Waals surface area (Å²) < 4.78 is 37.2. The van der Waals surface area contributed by atoms with E-state index in [1.807, 2.05) is 6.92 Å². The average Bonchev–Trinajstić information content (AvgIpc) is 2.38. The van der Waals surface area contributed by atoms with E-state index in [2.05, 4.69) is 16.4 Å². The Morgan fingerprint density at radius 3 is 2.50 bits per heavy atom. The van der Waals surface area contributed by atoms with Gasteiger partial charge in [-0.15, -0.1) is 11.8 Å². The summed E-state index contributed by atoms with van der Waals surface area (Å²) in [5, 5.41) is 12.6. The molecule has 0 aliphatic rings. The van der Waals surface area contributed by atoms with Crippen LogP contribution in [0.4, 0.5) is 13.2 Å². The minimum atomic E-state index is -4.37. The number of halogens is 3. The number of hydrogen-bond donors (Lipinski definition) is 1. The Kier molecular flexibility index (Phi) is 5.42. The molecule has 3 nitrogen and oxygen atoms in total. The van der Waals surface area contributed by atoms with Crippen molar-refractivity contribution in [1.29, 1.82) is 5.26 Å². The van der Waals surface area contributed by atoms with Crippen LogP contribution in [0.25, 0.3) is 0 Å². The summed E-state index contributed by atoms with van der Waals surface area (Å²) in [5.74, 6) is 0. The van der Waals surface area contributed by atoms with Crippen molar-refractivity contribution in [2.24, 2.45) is 0 Å². The lowest BCUT2D eigenvalue weighted by atomic mass is 9.98. The molecule has 2 atom stereocenters. The van der Waals surface area contributed by atoms with E-state index in [4.69, 9.17) is 5.26 Å². The van der Waals surface area contributed by atoms with E-state index < -0.39 is 17.3 Å². The van der Waals surface area contributed by atoms with Crippen LogP contribution in [-0.2, 0) is 6.18 Å². The molecule has 1 heterocycles. The van der Waals surface area contributed by atoms with Crippen molar-refractivity contribution in [1.82, 2.24) is 10.3 Å². The second-order valence-corrected chi connectivity index (χ2v) is 6.17. The van der Waals surface area contributed by atoms with Gasteiger partial charge in [0, 0.05) is 11.4 Å². The first-order valence-corrected chi connectivity index (χ1v) is 6.88. The number of aromatic nitrogens is 1. The third-order valence-electron chi connectivity index (χ3n) is 2.88. The SMILES string of the molecule is CNC(C)(C#N)CC(C)Sc1ccc(C(F)(F)F)cn1. The van der Waals surface area contributed by atoms with Crippen LogP contribution in [0.5, 0.6) is 0 Å². The maximum absolute atomic E-state index is 12.4. The minimum Gasteiger partial charge on any atom is -0.303 e. The van der Waals surface area contributed by atoms with Gasteiger partial charge in [0.05, 0.1) is 16.7 Å². The number of nitriles is 1. The van der Waals surface area contributed by atoms with Gasteiger partial charge in [0.2, 0.25) is 0 Å². The fourth-order valence-electron chi connectivity index (χ4n) is 1.64. The lowest BCUT2D eigenvalue weighted by Crippen LogP contribution is -2.40. The van der Waals surface area contributed by atoms with Gasteiger partial charge < -0.3 is 5.32 Å². The molecule has 0 aromatic carbocycles. The van der Waals surface area contributed by atoms with E-state index in [1.54, 1.807) is 14.0 Å². The Morgan fingerprint density at radius 1 is 1.45 bits per heavy atom. The molecule has 0 amide bonds. The van der Waals surface area contributed by atoms with Gasteiger partial charge in [0.15, 0.2) is 0 Å². The summed E-state index contributed by atoms with van der Waals surface area (Å²) in [6.07, 6.45) is -2.97. The molecule has 0 bridgehead atoms. The van der Waals surface area contributed by atoms with E-state index in [-0.39, 0.29) is 5.25 Å². The number of pyridine rings is 1. The first-order chi connectivity index (χ1) is 9.20. The molecular weight excluding hydrogens is 287 g/mol. The highest BCUT2D eigenvalue weighted by atomic mass is 32.2. The van der Waals surface area contributed by atoms with Gasteiger partial charge in [-0.1, -0.05) is 6.92 Å². The van der Waals surface area contributed by atoms with Crippen LogP contribution in [0.15, 0.2) is 23.4 Å². The predicted molar refractivity (Wildman–Crippen MR) is 72.3 cm³/mol. The lowest BCUT2D eigenvalue weighted by molar-refractivity contribution is -0.137. The zero-order valence-electron chi connectivity index (χ0n) is 11.5. The molecule has 0 aliphatic carbocycles. The Bertz CT molecular complexity index is 481. The summed E-state index contributed by atoms with van der Waals surface area (Å²) in [4.78, 5) is 3.81. The topological polar surface area (TPSA) is 48.7 Å². The van der Waals surface area contributed by atoms with Gasteiger partial charge in [0.25, 0.3) is 0 Å². The highest BCUT2D eigenvalue weighted by Crippen LogP contribution is 2.31. The van der Waals surface area contributed by atoms with Crippen LogP contribution in [0.1, 0.15) is 25.8 Å². The zero-order chi connectivity index (χ0) is 15.4. The van der Waals surface area contributed by atoms with Gasteiger partial charge in [0.1, 0.15) is 5.54 Å². The normalized spacial score (nSPS) is 16.2. The molecular formula is C13H16F3N3S. The Balaban J connectivity index is 2.68. The maximum Gasteiger partial charge on any atom is 0.417 e. The van der Waals surface area contributed by atoms with Gasteiger partial charge >= 0.3 is 6.18 Å². The van der Waals surface area contributed by atoms with Crippen molar-refractivity contribution < 1.29 is 13.2 Å². The van der Waals surface area contributed by atoms with Crippen LogP contribution in [0.3, 0.4) is 0 Å². The molecule has 1 aromatic rings. The first-order valence-electron chi connectivity index (χ1n) is 6.00. The fraction of sp³-hybridized carbons (Fsp3) is 0.538. The maximum atomic E-state index is 12.4. The van der Waals surface area contributed by atoms with Crippen molar-refractivity contribution in [2.45, 2.75) is 42.3 Å². The Morgan fingerprint density at radius 2 is 2.10 bits per heavy atom. The molecule has 1 N–H and O–H groups in total. The average molecular weight is 303 g/mol. The standard InChI is InChI=1S/C13H16F3N3S/c1-9(6-12(2,8-17)18-3)20-11-5-4-10(7-19-11)13(14,15)16/h4-5,7,9,18H,6H2,1-3H3. The van der Waals surface area contributed by atoms with Gasteiger partial charge in [-0.3, -0.25) is 0 Å². The number of thioether (sulfide) groups is 1. The molecule has 1 aromatic heterocycles. The second-order valence-electron chi connectivity index (χ2n) is 4.71. The second kappa shape index (κ2) is 6.46. The lowest BCUT2D eigenvalue weighted by Gasteiger charge is -2.24. The molecule has 0 aliphatic heterocycles. The molecule has 2 unspecified atom stereocenters. The molecule has 20 heavy (non-hydrogen) atoms. The van der Waals surface area contributed by atoms with Crippen molar-refractivity contribution in [3.63, 3.8) is 0 Å². The van der Waals surface area contributed by atoms with Gasteiger partial charge in [-0.2, -0.15) is 18.4 Å². The van der Waals surface area contributed by atoms with Crippen molar-refractivity contribution in [3.8, 4) is 6.07 Å². The predicted octanol–water partition coefficient (Wildman–Crippen LogP) is 3.47. The van der Waals surface area contributed by atoms with E-state index >= 15 is 0 Å². The molecule has 0 fully saturated rings. The molecule has 7 heteroatoms. The smallest absolute Gasteiger partial charge is 0.303 e. The van der Waals surface area contributed by atoms with Crippen LogP contribution in [0.2, 0.25) is 0 Å². The van der Waals surface area contributed by atoms with Crippen LogP contribution in [0, 0.1) is 11.3 Å². The molecule has 0 saturated heterocycles. The van der Waals surface area contributed by atoms with Crippen LogP contribution < -0.4 is 5.32 Å². The van der Waals surface area contributed by atoms with Crippen molar-refractivity contribution in [3.05, 3.63) is 23.9 Å². The van der Waals surface area contributed by atoms with Gasteiger partial charge in [-0.05, 0) is 32.5 Å². The highest BCUT2D eigenvalue weighted by Gasteiger charge is 2.31. The molecule has 0 saturated carbocycles. The Hall–Kier alpha value is -1.26. The number of nitrogens with zero attached hydrogens (tertiary/aromatic N) is 2. The quantitative estimate of drug-likeness (QED) is 0.846. The van der Waals surface area contributed by atoms with E-state index in [0.717, 1.165) is 12.3 Å². The summed E-state index contributed by atoms with van der Waals surface area (Å²) in [7, 11) is 1.71. The summed E-state index contributed by atoms with van der Waals surface area (Å²) in [6.45, 7) is 3.70. The summed E-state index contributed by atoms with van der Waals surface area (Å²) in [6, 6.07) is 4.55. The third-order valence-corrected chi connectivity index (χ3v) is 3.93. The zero-order valence-corrected chi connectivity index (χ0v) is 12.3. The Labute approximate surface area is 120 Å². The van der Waals surface area contributed by atoms with Crippen molar-refractivity contribution in [2.75, 3.05) is 7.05 Å². The van der Waals surface area contributed by atoms with Crippen LogP contribution in [-0.4, -0.2) is 22.8 Å². The monoisotopic (exact) mass is 303 g/mol. The molecule has 0 spiro atoms. The summed E-state index contributed by atoms with van der Waals surface area (Å²) >= 11 is 1.35. The number of hydrogen-bond acceptors (Lipinski definition) is 4. The largest absolute Gasteiger partial charge is 0.417 e. The highest BCUT2D eigenvalue weighted by molar-refractivity contribution is 7.99. The summed E-state index contributed by atoms with van der Waals surface area (Å²) in [5.41, 5.74) is -1.41. The minimum absolute atomic E-state index is 0.0522. The fourth-order valence-corrected chi connectivity index (χ4v) is 2.73. The molecule has 110 valence electrons. The van der Waals surface area contributed by atoms with E-state index in [9.17, 15) is 13.2 Å². The van der Waals surface area contributed by atoms with Gasteiger partial charge in [-0.25, -0.2) is 4.98 Å². The molecule has 1 rings (SSSR count). The van der Waals surface area contributed by atoms with E-state index in [1.165, 1.54) is 17.8 Å². The third kappa shape index (κ3) is 4.69. The number of alkyl halides is 3. The van der Waals surface area contributed by atoms with E-state index in [0.29, 0.717) is 11.4 Å². The number of rotatable bonds is 5. The van der Waals surface area contributed by atoms with Crippen LogP contribution >= 0.6 is 11.8 Å². The first kappa shape index (κ1) is 16.8.